The molecule has 1 N–H and O–H groups in total. The molecule has 1 heterocycles. The number of benzene rings is 1. The van der Waals surface area contributed by atoms with Gasteiger partial charge in [-0.2, -0.15) is 0 Å². The van der Waals surface area contributed by atoms with E-state index in [2.05, 4.69) is 10.3 Å². The Hall–Kier alpha value is -1.56. The van der Waals surface area contributed by atoms with E-state index >= 15 is 0 Å². The first-order valence-electron chi connectivity index (χ1n) is 9.90. The van der Waals surface area contributed by atoms with Crippen molar-refractivity contribution in [2.45, 2.75) is 57.5 Å². The molecule has 1 fully saturated rings. The lowest BCUT2D eigenvalue weighted by Crippen LogP contribution is -2.26. The van der Waals surface area contributed by atoms with E-state index in [-0.39, 0.29) is 5.91 Å². The Labute approximate surface area is 175 Å². The van der Waals surface area contributed by atoms with Gasteiger partial charge in [-0.1, -0.05) is 42.5 Å². The number of ether oxygens (including phenoxy) is 1. The van der Waals surface area contributed by atoms with Crippen molar-refractivity contribution in [1.82, 2.24) is 10.3 Å². The van der Waals surface area contributed by atoms with E-state index in [0.29, 0.717) is 53.8 Å². The monoisotopic (exact) mass is 424 g/mol. The molecule has 0 unspecified atom stereocenters. The van der Waals surface area contributed by atoms with E-state index in [4.69, 9.17) is 32.4 Å². The van der Waals surface area contributed by atoms with Crippen LogP contribution in [0.4, 0.5) is 0 Å². The first kappa shape index (κ1) is 21.2. The molecule has 5 nitrogen and oxygen atoms in total. The largest absolute Gasteiger partial charge is 0.441 e. The van der Waals surface area contributed by atoms with Crippen LogP contribution in [0.3, 0.4) is 0 Å². The summed E-state index contributed by atoms with van der Waals surface area (Å²) in [5.74, 6) is 1.07. The van der Waals surface area contributed by atoms with Crippen LogP contribution < -0.4 is 5.32 Å². The molecule has 2 aromatic rings. The minimum atomic E-state index is -0.0121. The fourth-order valence-electron chi connectivity index (χ4n) is 3.33. The highest BCUT2D eigenvalue weighted by Crippen LogP contribution is 2.30. The first-order chi connectivity index (χ1) is 13.6. The maximum atomic E-state index is 12.0. The van der Waals surface area contributed by atoms with E-state index in [0.717, 1.165) is 12.0 Å². The normalized spacial score (nSPS) is 14.9. The van der Waals surface area contributed by atoms with Gasteiger partial charge in [0.05, 0.1) is 17.3 Å². The predicted octanol–water partition coefficient (Wildman–Crippen LogP) is 5.44. The molecule has 0 spiro atoms. The second-order valence-corrected chi connectivity index (χ2v) is 7.92. The van der Waals surface area contributed by atoms with E-state index in [1.807, 2.05) is 0 Å². The second-order valence-electron chi connectivity index (χ2n) is 7.08. The fraction of sp³-hybridized carbons (Fsp3) is 0.524. The summed E-state index contributed by atoms with van der Waals surface area (Å²) in [6, 6.07) is 5.19. The number of rotatable bonds is 9. The van der Waals surface area contributed by atoms with Crippen molar-refractivity contribution in [3.8, 4) is 11.3 Å². The molecule has 0 saturated heterocycles. The molecule has 0 atom stereocenters. The molecule has 28 heavy (non-hydrogen) atoms. The fourth-order valence-corrected chi connectivity index (χ4v) is 3.83. The number of hydrogen-bond donors (Lipinski definition) is 1. The number of aromatic nitrogens is 1. The smallest absolute Gasteiger partial charge is 0.220 e. The third-order valence-corrected chi connectivity index (χ3v) is 5.41. The number of amides is 1. The lowest BCUT2D eigenvalue weighted by atomic mass is 9.98. The van der Waals surface area contributed by atoms with Crippen LogP contribution in [0, 0.1) is 0 Å². The standard InChI is InChI=1S/C21H26Cl2N2O3/c22-15-7-8-17(18(23)13-15)19-14-25-21(28-19)10-9-20(26)24-11-4-12-27-16-5-2-1-3-6-16/h7-8,13-14,16H,1-6,9-12H2,(H,24,26). The van der Waals surface area contributed by atoms with Gasteiger partial charge in [0.25, 0.3) is 0 Å². The number of aryl methyl sites for hydroxylation is 1. The lowest BCUT2D eigenvalue weighted by Gasteiger charge is -2.21. The Kier molecular flexibility index (Phi) is 8.19. The molecule has 152 valence electrons. The number of nitrogens with one attached hydrogen (secondary N) is 1. The van der Waals surface area contributed by atoms with Crippen LogP contribution >= 0.6 is 23.2 Å². The maximum Gasteiger partial charge on any atom is 0.220 e. The highest BCUT2D eigenvalue weighted by molar-refractivity contribution is 6.36. The topological polar surface area (TPSA) is 64.4 Å². The van der Waals surface area contributed by atoms with Crippen molar-refractivity contribution in [3.05, 3.63) is 40.3 Å². The summed E-state index contributed by atoms with van der Waals surface area (Å²) in [6.07, 6.45) is 9.85. The van der Waals surface area contributed by atoms with Gasteiger partial charge in [-0.3, -0.25) is 4.79 Å². The number of hydrogen-bond acceptors (Lipinski definition) is 4. The Bertz CT molecular complexity index is 773. The van der Waals surface area contributed by atoms with Crippen molar-refractivity contribution >= 4 is 29.1 Å². The zero-order valence-electron chi connectivity index (χ0n) is 15.9. The molecule has 0 radical (unpaired) electrons. The molecule has 1 aliphatic rings. The Morgan fingerprint density at radius 2 is 2.07 bits per heavy atom. The molecule has 0 bridgehead atoms. The molecule has 0 aliphatic heterocycles. The van der Waals surface area contributed by atoms with Crippen LogP contribution in [0.25, 0.3) is 11.3 Å². The summed E-state index contributed by atoms with van der Waals surface area (Å²) in [5, 5.41) is 3.99. The van der Waals surface area contributed by atoms with Crippen LogP contribution in [-0.4, -0.2) is 30.1 Å². The minimum Gasteiger partial charge on any atom is -0.441 e. The average molecular weight is 425 g/mol. The zero-order valence-corrected chi connectivity index (χ0v) is 17.4. The lowest BCUT2D eigenvalue weighted by molar-refractivity contribution is -0.121. The summed E-state index contributed by atoms with van der Waals surface area (Å²) < 4.78 is 11.6. The zero-order chi connectivity index (χ0) is 19.8. The molecule has 1 amide bonds. The maximum absolute atomic E-state index is 12.0. The van der Waals surface area contributed by atoms with Gasteiger partial charge >= 0.3 is 0 Å². The van der Waals surface area contributed by atoms with Crippen molar-refractivity contribution in [3.63, 3.8) is 0 Å². The SMILES string of the molecule is O=C(CCc1ncc(-c2ccc(Cl)cc2Cl)o1)NCCCOC1CCCCC1. The Morgan fingerprint density at radius 1 is 1.25 bits per heavy atom. The Balaban J connectivity index is 1.34. The molecular formula is C21H26Cl2N2O3. The Morgan fingerprint density at radius 3 is 2.86 bits per heavy atom. The quantitative estimate of drug-likeness (QED) is 0.544. The van der Waals surface area contributed by atoms with Gasteiger partial charge in [0.2, 0.25) is 5.91 Å². The molecule has 1 saturated carbocycles. The third-order valence-electron chi connectivity index (χ3n) is 4.87. The molecule has 7 heteroatoms. The number of oxazole rings is 1. The number of carbonyl (C=O) groups is 1. The molecular weight excluding hydrogens is 399 g/mol. The summed E-state index contributed by atoms with van der Waals surface area (Å²) in [7, 11) is 0. The summed E-state index contributed by atoms with van der Waals surface area (Å²) in [5.41, 5.74) is 0.729. The van der Waals surface area contributed by atoms with Crippen LogP contribution in [0.15, 0.2) is 28.8 Å². The number of nitrogens with zero attached hydrogens (tertiary/aromatic N) is 1. The summed E-state index contributed by atoms with van der Waals surface area (Å²) >= 11 is 12.1. The van der Waals surface area contributed by atoms with E-state index in [1.165, 1.54) is 32.1 Å². The molecule has 1 aliphatic carbocycles. The summed E-state index contributed by atoms with van der Waals surface area (Å²) in [4.78, 5) is 16.2. The number of carbonyl (C=O) groups excluding carboxylic acids is 1. The minimum absolute atomic E-state index is 0.0121. The van der Waals surface area contributed by atoms with Crippen molar-refractivity contribution in [2.24, 2.45) is 0 Å². The van der Waals surface area contributed by atoms with Gasteiger partial charge < -0.3 is 14.5 Å². The second kappa shape index (κ2) is 10.8. The highest BCUT2D eigenvalue weighted by atomic mass is 35.5. The van der Waals surface area contributed by atoms with Crippen molar-refractivity contribution in [2.75, 3.05) is 13.2 Å². The van der Waals surface area contributed by atoms with Gasteiger partial charge in [0.15, 0.2) is 11.7 Å². The molecule has 3 rings (SSSR count). The number of halogens is 2. The van der Waals surface area contributed by atoms with E-state index in [9.17, 15) is 4.79 Å². The van der Waals surface area contributed by atoms with E-state index in [1.54, 1.807) is 24.4 Å². The highest BCUT2D eigenvalue weighted by Gasteiger charge is 2.14. The predicted molar refractivity (Wildman–Crippen MR) is 111 cm³/mol. The van der Waals surface area contributed by atoms with Gasteiger partial charge in [-0.25, -0.2) is 4.98 Å². The van der Waals surface area contributed by atoms with Gasteiger partial charge in [-0.15, -0.1) is 0 Å². The van der Waals surface area contributed by atoms with Crippen molar-refractivity contribution in [1.29, 1.82) is 0 Å². The molecule has 1 aromatic carbocycles. The van der Waals surface area contributed by atoms with Crippen LogP contribution in [-0.2, 0) is 16.0 Å². The van der Waals surface area contributed by atoms with Crippen LogP contribution in [0.2, 0.25) is 10.0 Å². The molecule has 1 aromatic heterocycles. The van der Waals surface area contributed by atoms with Crippen molar-refractivity contribution < 1.29 is 13.9 Å². The van der Waals surface area contributed by atoms with Crippen LogP contribution in [0.5, 0.6) is 0 Å². The first-order valence-corrected chi connectivity index (χ1v) is 10.7. The van der Waals surface area contributed by atoms with Gasteiger partial charge in [-0.05, 0) is 37.5 Å². The van der Waals surface area contributed by atoms with E-state index < -0.39 is 0 Å². The summed E-state index contributed by atoms with van der Waals surface area (Å²) in [6.45, 7) is 1.33. The van der Waals surface area contributed by atoms with Gasteiger partial charge in [0, 0.05) is 36.6 Å². The third kappa shape index (κ3) is 6.50. The average Bonchev–Trinajstić information content (AvgIpc) is 3.15. The van der Waals surface area contributed by atoms with Gasteiger partial charge in [0.1, 0.15) is 0 Å². The van der Waals surface area contributed by atoms with Crippen LogP contribution in [0.1, 0.15) is 50.8 Å².